The molecule has 3 rings (SSSR count). The van der Waals surface area contributed by atoms with Crippen LogP contribution in [-0.4, -0.2) is 18.0 Å². The first-order valence-corrected chi connectivity index (χ1v) is 8.96. The van der Waals surface area contributed by atoms with Gasteiger partial charge in [0.1, 0.15) is 0 Å². The SMILES string of the molecule is Cc1cccc(C(=O)Nc2ccc(C(=O)N/N=C/c3cccc(Cl)c3)cc2)c1. The van der Waals surface area contributed by atoms with Gasteiger partial charge in [0.25, 0.3) is 11.8 Å². The lowest BCUT2D eigenvalue weighted by molar-refractivity contribution is 0.0954. The molecule has 0 bridgehead atoms. The van der Waals surface area contributed by atoms with E-state index in [9.17, 15) is 9.59 Å². The lowest BCUT2D eigenvalue weighted by Gasteiger charge is -2.07. The van der Waals surface area contributed by atoms with Crippen molar-refractivity contribution in [3.8, 4) is 0 Å². The first-order chi connectivity index (χ1) is 13.5. The van der Waals surface area contributed by atoms with Crippen LogP contribution in [0.2, 0.25) is 5.02 Å². The number of anilines is 1. The van der Waals surface area contributed by atoms with Crippen LogP contribution in [0.4, 0.5) is 5.69 Å². The predicted octanol–water partition coefficient (Wildman–Crippen LogP) is 4.66. The van der Waals surface area contributed by atoms with Gasteiger partial charge in [0, 0.05) is 21.8 Å². The molecule has 0 radical (unpaired) electrons. The van der Waals surface area contributed by atoms with Crippen LogP contribution < -0.4 is 10.7 Å². The highest BCUT2D eigenvalue weighted by Gasteiger charge is 2.08. The molecule has 0 saturated heterocycles. The maximum absolute atomic E-state index is 12.3. The van der Waals surface area contributed by atoms with E-state index in [1.54, 1.807) is 48.5 Å². The van der Waals surface area contributed by atoms with Gasteiger partial charge in [0.05, 0.1) is 6.21 Å². The molecule has 0 aliphatic heterocycles. The van der Waals surface area contributed by atoms with Crippen LogP contribution in [0, 0.1) is 6.92 Å². The van der Waals surface area contributed by atoms with Gasteiger partial charge in [-0.2, -0.15) is 5.10 Å². The Morgan fingerprint density at radius 1 is 0.893 bits per heavy atom. The number of nitrogens with one attached hydrogen (secondary N) is 2. The molecule has 140 valence electrons. The Kier molecular flexibility index (Phi) is 6.19. The summed E-state index contributed by atoms with van der Waals surface area (Å²) in [5.74, 6) is -0.554. The second kappa shape index (κ2) is 8.97. The number of carbonyl (C=O) groups is 2. The zero-order chi connectivity index (χ0) is 19.9. The lowest BCUT2D eigenvalue weighted by atomic mass is 10.1. The van der Waals surface area contributed by atoms with Gasteiger partial charge in [-0.05, 0) is 61.0 Å². The van der Waals surface area contributed by atoms with Crippen molar-refractivity contribution in [3.05, 3.63) is 100 Å². The second-order valence-electron chi connectivity index (χ2n) is 6.16. The van der Waals surface area contributed by atoms with Crippen LogP contribution in [-0.2, 0) is 0 Å². The van der Waals surface area contributed by atoms with Crippen molar-refractivity contribution in [2.24, 2.45) is 5.10 Å². The lowest BCUT2D eigenvalue weighted by Crippen LogP contribution is -2.17. The highest BCUT2D eigenvalue weighted by atomic mass is 35.5. The fourth-order valence-electron chi connectivity index (χ4n) is 2.51. The molecular formula is C22H18ClN3O2. The summed E-state index contributed by atoms with van der Waals surface area (Å²) in [5, 5.41) is 7.33. The Bertz CT molecular complexity index is 1030. The van der Waals surface area contributed by atoms with Crippen LogP contribution in [0.1, 0.15) is 31.8 Å². The first kappa shape index (κ1) is 19.3. The minimum atomic E-state index is -0.352. The number of hydrogen-bond donors (Lipinski definition) is 2. The van der Waals surface area contributed by atoms with E-state index in [4.69, 9.17) is 11.6 Å². The molecule has 0 saturated carbocycles. The molecular weight excluding hydrogens is 374 g/mol. The van der Waals surface area contributed by atoms with Crippen molar-refractivity contribution >= 4 is 35.3 Å². The monoisotopic (exact) mass is 391 g/mol. The molecule has 0 atom stereocenters. The van der Waals surface area contributed by atoms with Crippen LogP contribution >= 0.6 is 11.6 Å². The highest BCUT2D eigenvalue weighted by Crippen LogP contribution is 2.13. The van der Waals surface area contributed by atoms with Gasteiger partial charge in [-0.15, -0.1) is 0 Å². The van der Waals surface area contributed by atoms with Crippen molar-refractivity contribution < 1.29 is 9.59 Å². The molecule has 6 heteroatoms. The van der Waals surface area contributed by atoms with Gasteiger partial charge in [-0.25, -0.2) is 5.43 Å². The fraction of sp³-hybridized carbons (Fsp3) is 0.0455. The van der Waals surface area contributed by atoms with Gasteiger partial charge in [-0.1, -0.05) is 41.4 Å². The zero-order valence-corrected chi connectivity index (χ0v) is 15.9. The minimum absolute atomic E-state index is 0.202. The van der Waals surface area contributed by atoms with Crippen molar-refractivity contribution in [2.75, 3.05) is 5.32 Å². The molecule has 3 aromatic rings. The number of rotatable bonds is 5. The maximum Gasteiger partial charge on any atom is 0.271 e. The Balaban J connectivity index is 1.59. The second-order valence-corrected chi connectivity index (χ2v) is 6.59. The van der Waals surface area contributed by atoms with Crippen molar-refractivity contribution in [1.82, 2.24) is 5.43 Å². The van der Waals surface area contributed by atoms with E-state index in [1.807, 2.05) is 31.2 Å². The van der Waals surface area contributed by atoms with Gasteiger partial charge in [0.2, 0.25) is 0 Å². The van der Waals surface area contributed by atoms with Crippen molar-refractivity contribution in [1.29, 1.82) is 0 Å². The zero-order valence-electron chi connectivity index (χ0n) is 15.1. The predicted molar refractivity (Wildman–Crippen MR) is 112 cm³/mol. The largest absolute Gasteiger partial charge is 0.322 e. The van der Waals surface area contributed by atoms with E-state index in [1.165, 1.54) is 6.21 Å². The Morgan fingerprint density at radius 2 is 1.64 bits per heavy atom. The molecule has 28 heavy (non-hydrogen) atoms. The molecule has 0 unspecified atom stereocenters. The number of amides is 2. The number of aryl methyl sites for hydroxylation is 1. The standard InChI is InChI=1S/C22H18ClN3O2/c1-15-4-2-6-18(12-15)21(27)25-20-10-8-17(9-11-20)22(28)26-24-14-16-5-3-7-19(23)13-16/h2-14H,1H3,(H,25,27)(H,26,28)/b24-14+. The average Bonchev–Trinajstić information content (AvgIpc) is 2.68. The summed E-state index contributed by atoms with van der Waals surface area (Å²) >= 11 is 5.90. The average molecular weight is 392 g/mol. The number of nitrogens with zero attached hydrogens (tertiary/aromatic N) is 1. The molecule has 0 aliphatic carbocycles. The van der Waals surface area contributed by atoms with Gasteiger partial charge in [0.15, 0.2) is 0 Å². The third-order valence-electron chi connectivity index (χ3n) is 3.91. The number of hydrogen-bond acceptors (Lipinski definition) is 3. The quantitative estimate of drug-likeness (QED) is 0.490. The summed E-state index contributed by atoms with van der Waals surface area (Å²) < 4.78 is 0. The summed E-state index contributed by atoms with van der Waals surface area (Å²) in [6, 6.07) is 21.0. The van der Waals surface area contributed by atoms with Gasteiger partial charge < -0.3 is 5.32 Å². The minimum Gasteiger partial charge on any atom is -0.322 e. The highest BCUT2D eigenvalue weighted by molar-refractivity contribution is 6.30. The molecule has 0 heterocycles. The molecule has 3 aromatic carbocycles. The Labute approximate surface area is 168 Å². The van der Waals surface area contributed by atoms with Crippen molar-refractivity contribution in [2.45, 2.75) is 6.92 Å². The molecule has 5 nitrogen and oxygen atoms in total. The summed E-state index contributed by atoms with van der Waals surface area (Å²) in [6.07, 6.45) is 1.51. The topological polar surface area (TPSA) is 70.6 Å². The number of benzene rings is 3. The van der Waals surface area contributed by atoms with E-state index in [2.05, 4.69) is 15.8 Å². The van der Waals surface area contributed by atoms with E-state index in [-0.39, 0.29) is 11.8 Å². The summed E-state index contributed by atoms with van der Waals surface area (Å²) in [6.45, 7) is 1.93. The smallest absolute Gasteiger partial charge is 0.271 e. The van der Waals surface area contributed by atoms with Crippen LogP contribution in [0.25, 0.3) is 0 Å². The fourth-order valence-corrected chi connectivity index (χ4v) is 2.71. The molecule has 2 amide bonds. The molecule has 0 aliphatic rings. The van der Waals surface area contributed by atoms with Gasteiger partial charge >= 0.3 is 0 Å². The summed E-state index contributed by atoms with van der Waals surface area (Å²) in [7, 11) is 0. The third kappa shape index (κ3) is 5.28. The normalized spacial score (nSPS) is 10.6. The van der Waals surface area contributed by atoms with E-state index in [0.29, 0.717) is 21.8 Å². The van der Waals surface area contributed by atoms with E-state index >= 15 is 0 Å². The maximum atomic E-state index is 12.3. The Morgan fingerprint density at radius 3 is 2.36 bits per heavy atom. The van der Waals surface area contributed by atoms with Crippen molar-refractivity contribution in [3.63, 3.8) is 0 Å². The third-order valence-corrected chi connectivity index (χ3v) is 4.15. The Hall–Kier alpha value is -3.44. The molecule has 0 spiro atoms. The van der Waals surface area contributed by atoms with E-state index in [0.717, 1.165) is 11.1 Å². The molecule has 0 aromatic heterocycles. The van der Waals surface area contributed by atoms with Crippen LogP contribution in [0.3, 0.4) is 0 Å². The summed E-state index contributed by atoms with van der Waals surface area (Å²) in [4.78, 5) is 24.4. The summed E-state index contributed by atoms with van der Waals surface area (Å²) in [5.41, 5.74) is 5.86. The van der Waals surface area contributed by atoms with Crippen LogP contribution in [0.5, 0.6) is 0 Å². The molecule has 0 fully saturated rings. The van der Waals surface area contributed by atoms with E-state index < -0.39 is 0 Å². The molecule has 2 N–H and O–H groups in total. The van der Waals surface area contributed by atoms with Gasteiger partial charge in [-0.3, -0.25) is 9.59 Å². The van der Waals surface area contributed by atoms with Crippen LogP contribution in [0.15, 0.2) is 77.9 Å². The number of halogens is 1. The number of carbonyl (C=O) groups excluding carboxylic acids is 2. The number of hydrazone groups is 1. The first-order valence-electron chi connectivity index (χ1n) is 8.58.